The van der Waals surface area contributed by atoms with E-state index >= 15 is 0 Å². The lowest BCUT2D eigenvalue weighted by molar-refractivity contribution is 0.109. The van der Waals surface area contributed by atoms with Gasteiger partial charge in [0.15, 0.2) is 0 Å². The molecular formula is C12H17F2NOS. The highest BCUT2D eigenvalue weighted by Gasteiger charge is 2.33. The molecular weight excluding hydrogens is 244 g/mol. The molecule has 1 rings (SSSR count). The van der Waals surface area contributed by atoms with Gasteiger partial charge in [-0.1, -0.05) is 30.3 Å². The molecule has 1 N–H and O–H groups in total. The molecule has 0 radical (unpaired) electrons. The van der Waals surface area contributed by atoms with Gasteiger partial charge in [0.1, 0.15) is 10.8 Å². The van der Waals surface area contributed by atoms with Crippen LogP contribution in [0.15, 0.2) is 30.3 Å². The molecule has 0 aliphatic rings. The molecule has 2 nitrogen and oxygen atoms in total. The zero-order valence-corrected chi connectivity index (χ0v) is 10.9. The van der Waals surface area contributed by atoms with Gasteiger partial charge in [-0.05, 0) is 26.3 Å². The van der Waals surface area contributed by atoms with Gasteiger partial charge in [-0.2, -0.15) is 0 Å². The summed E-state index contributed by atoms with van der Waals surface area (Å²) in [5.41, 5.74) is 0.445. The van der Waals surface area contributed by atoms with Crippen LogP contribution >= 0.6 is 0 Å². The van der Waals surface area contributed by atoms with E-state index in [0.717, 1.165) is 0 Å². The summed E-state index contributed by atoms with van der Waals surface area (Å²) in [7, 11) is 0. The molecule has 0 saturated heterocycles. The van der Waals surface area contributed by atoms with E-state index in [-0.39, 0.29) is 0 Å². The minimum atomic E-state index is -2.59. The van der Waals surface area contributed by atoms with Gasteiger partial charge in [-0.25, -0.2) is 8.78 Å². The van der Waals surface area contributed by atoms with Gasteiger partial charge in [0.25, 0.3) is 6.43 Å². The third-order valence-corrected chi connectivity index (χ3v) is 3.78. The molecule has 17 heavy (non-hydrogen) atoms. The molecule has 1 unspecified atom stereocenters. The minimum absolute atomic E-state index is 0.445. The van der Waals surface area contributed by atoms with Gasteiger partial charge in [0.05, 0.1) is 0 Å². The van der Waals surface area contributed by atoms with Crippen molar-refractivity contribution in [1.82, 2.24) is 4.72 Å². The summed E-state index contributed by atoms with van der Waals surface area (Å²) in [6.07, 6.45) is -2.59. The van der Waals surface area contributed by atoms with Crippen molar-refractivity contribution in [2.75, 3.05) is 0 Å². The standard InChI is InChI=1S/C12H17F2NOS/c1-12(2,3)17(16)15-10(11(13)14)9-7-5-4-6-8-9/h4-8,10-11,15H,1-3H3/t10-,17?/m1/s1. The molecule has 0 heterocycles. The fourth-order valence-electron chi connectivity index (χ4n) is 1.22. The third kappa shape index (κ3) is 4.26. The van der Waals surface area contributed by atoms with E-state index in [1.54, 1.807) is 51.1 Å². The molecule has 1 aromatic carbocycles. The van der Waals surface area contributed by atoms with E-state index in [4.69, 9.17) is 0 Å². The second-order valence-electron chi connectivity index (χ2n) is 4.72. The van der Waals surface area contributed by atoms with E-state index in [1.807, 2.05) is 0 Å². The summed E-state index contributed by atoms with van der Waals surface area (Å²) in [6.45, 7) is 5.22. The fourth-order valence-corrected chi connectivity index (χ4v) is 2.04. The van der Waals surface area contributed by atoms with Crippen molar-refractivity contribution >= 4 is 11.4 Å². The molecule has 0 amide bonds. The SMILES string of the molecule is CC(C)(C)[S+]([O-])N[C@H](c1ccccc1)C(F)F. The maximum atomic E-state index is 12.9. The smallest absolute Gasteiger partial charge is 0.262 e. The van der Waals surface area contributed by atoms with Gasteiger partial charge in [0.2, 0.25) is 0 Å². The van der Waals surface area contributed by atoms with Crippen LogP contribution in [0, 0.1) is 0 Å². The lowest BCUT2D eigenvalue weighted by Crippen LogP contribution is -2.43. The normalized spacial score (nSPS) is 15.9. The van der Waals surface area contributed by atoms with Crippen molar-refractivity contribution in [3.05, 3.63) is 35.9 Å². The number of rotatable bonds is 4. The highest BCUT2D eigenvalue weighted by atomic mass is 32.2. The molecule has 0 spiro atoms. The second-order valence-corrected chi connectivity index (χ2v) is 6.72. The van der Waals surface area contributed by atoms with Gasteiger partial charge < -0.3 is 4.55 Å². The number of benzene rings is 1. The summed E-state index contributed by atoms with van der Waals surface area (Å²) in [4.78, 5) is 0. The Morgan fingerprint density at radius 2 is 1.71 bits per heavy atom. The van der Waals surface area contributed by atoms with Crippen LogP contribution in [0.2, 0.25) is 0 Å². The number of halogens is 2. The average Bonchev–Trinajstić information content (AvgIpc) is 2.25. The highest BCUT2D eigenvalue weighted by molar-refractivity contribution is 7.90. The summed E-state index contributed by atoms with van der Waals surface area (Å²) < 4.78 is 39.6. The number of nitrogens with one attached hydrogen (secondary N) is 1. The molecule has 0 fully saturated rings. The van der Waals surface area contributed by atoms with E-state index in [1.165, 1.54) is 0 Å². The van der Waals surface area contributed by atoms with E-state index < -0.39 is 28.6 Å². The monoisotopic (exact) mass is 261 g/mol. The second kappa shape index (κ2) is 5.80. The maximum absolute atomic E-state index is 12.9. The summed E-state index contributed by atoms with van der Waals surface area (Å²) >= 11 is -1.52. The first-order chi connectivity index (χ1) is 7.82. The van der Waals surface area contributed by atoms with Gasteiger partial charge in [0, 0.05) is 11.4 Å². The Labute approximate surface area is 104 Å². The van der Waals surface area contributed by atoms with Crippen LogP contribution in [-0.2, 0) is 11.4 Å². The molecule has 5 heteroatoms. The van der Waals surface area contributed by atoms with Crippen molar-refractivity contribution in [2.45, 2.75) is 38.0 Å². The van der Waals surface area contributed by atoms with Gasteiger partial charge >= 0.3 is 0 Å². The summed E-state index contributed by atoms with van der Waals surface area (Å²) in [5, 5.41) is 0. The highest BCUT2D eigenvalue weighted by Crippen LogP contribution is 2.24. The molecule has 0 aromatic heterocycles. The van der Waals surface area contributed by atoms with Crippen LogP contribution in [0.25, 0.3) is 0 Å². The van der Waals surface area contributed by atoms with Crippen molar-refractivity contribution in [1.29, 1.82) is 0 Å². The number of alkyl halides is 2. The first-order valence-corrected chi connectivity index (χ1v) is 6.48. The molecule has 1 aromatic rings. The largest absolute Gasteiger partial charge is 0.598 e. The Morgan fingerprint density at radius 3 is 2.12 bits per heavy atom. The van der Waals surface area contributed by atoms with Crippen LogP contribution in [0.1, 0.15) is 32.4 Å². The minimum Gasteiger partial charge on any atom is -0.598 e. The van der Waals surface area contributed by atoms with Crippen LogP contribution in [-0.4, -0.2) is 15.7 Å². The molecule has 0 saturated carbocycles. The van der Waals surface area contributed by atoms with Crippen LogP contribution in [0.5, 0.6) is 0 Å². The van der Waals surface area contributed by atoms with Gasteiger partial charge in [-0.3, -0.25) is 0 Å². The molecule has 0 bridgehead atoms. The Balaban J connectivity index is 2.82. The average molecular weight is 261 g/mol. The molecule has 0 aliphatic heterocycles. The first-order valence-electron chi connectivity index (χ1n) is 5.33. The molecule has 2 atom stereocenters. The fraction of sp³-hybridized carbons (Fsp3) is 0.500. The molecule has 96 valence electrons. The predicted molar refractivity (Wildman–Crippen MR) is 66.2 cm³/mol. The lowest BCUT2D eigenvalue weighted by Gasteiger charge is -2.27. The topological polar surface area (TPSA) is 35.1 Å². The van der Waals surface area contributed by atoms with Crippen molar-refractivity contribution < 1.29 is 13.3 Å². The lowest BCUT2D eigenvalue weighted by atomic mass is 10.1. The maximum Gasteiger partial charge on any atom is 0.262 e. The number of hydrogen-bond acceptors (Lipinski definition) is 2. The van der Waals surface area contributed by atoms with Crippen LogP contribution < -0.4 is 4.72 Å². The third-order valence-electron chi connectivity index (χ3n) is 2.20. The zero-order valence-electron chi connectivity index (χ0n) is 10.1. The zero-order chi connectivity index (χ0) is 13.1. The van der Waals surface area contributed by atoms with Crippen LogP contribution in [0.3, 0.4) is 0 Å². The molecule has 0 aliphatic carbocycles. The number of hydrogen-bond donors (Lipinski definition) is 1. The Kier molecular flexibility index (Phi) is 4.91. The van der Waals surface area contributed by atoms with E-state index in [2.05, 4.69) is 4.72 Å². The van der Waals surface area contributed by atoms with Crippen molar-refractivity contribution in [2.24, 2.45) is 0 Å². The Bertz CT molecular complexity index is 340. The van der Waals surface area contributed by atoms with Crippen LogP contribution in [0.4, 0.5) is 8.78 Å². The van der Waals surface area contributed by atoms with Crippen molar-refractivity contribution in [3.8, 4) is 0 Å². The predicted octanol–water partition coefficient (Wildman–Crippen LogP) is 3.04. The Hall–Kier alpha value is -0.650. The van der Waals surface area contributed by atoms with Gasteiger partial charge in [-0.15, -0.1) is 4.72 Å². The van der Waals surface area contributed by atoms with E-state index in [9.17, 15) is 13.3 Å². The van der Waals surface area contributed by atoms with E-state index in [0.29, 0.717) is 5.56 Å². The van der Waals surface area contributed by atoms with Crippen molar-refractivity contribution in [3.63, 3.8) is 0 Å². The quantitative estimate of drug-likeness (QED) is 0.845. The Morgan fingerprint density at radius 1 is 1.18 bits per heavy atom. The first kappa shape index (κ1) is 14.4. The summed E-state index contributed by atoms with van der Waals surface area (Å²) in [5.74, 6) is 0. The summed E-state index contributed by atoms with van der Waals surface area (Å²) in [6, 6.07) is 7.13.